The molecule has 104 valence electrons. The lowest BCUT2D eigenvalue weighted by atomic mass is 10.2. The number of hydrogen-bond acceptors (Lipinski definition) is 7. The molecule has 1 aliphatic heterocycles. The van der Waals surface area contributed by atoms with Crippen LogP contribution in [0.15, 0.2) is 34.5 Å². The van der Waals surface area contributed by atoms with E-state index < -0.39 is 0 Å². The molecule has 0 fully saturated rings. The topological polar surface area (TPSA) is 97.4 Å². The molecule has 9 heteroatoms. The molecule has 0 radical (unpaired) electrons. The standard InChI is InChI=1S/C11H10Cl2N6O/c1-18-8(14)9(15)19(11-10(18)16-20-17-11)5-2-3-6(12)7(13)4-5/h2-4H,14-15H2,1H3. The zero-order valence-electron chi connectivity index (χ0n) is 10.3. The van der Waals surface area contributed by atoms with E-state index in [0.717, 1.165) is 0 Å². The van der Waals surface area contributed by atoms with Crippen LogP contribution >= 0.6 is 23.2 Å². The highest BCUT2D eigenvalue weighted by Crippen LogP contribution is 2.39. The third-order valence-corrected chi connectivity index (χ3v) is 3.75. The summed E-state index contributed by atoms with van der Waals surface area (Å²) >= 11 is 11.9. The highest BCUT2D eigenvalue weighted by Gasteiger charge is 2.32. The molecule has 0 amide bonds. The summed E-state index contributed by atoms with van der Waals surface area (Å²) in [4.78, 5) is 3.19. The maximum atomic E-state index is 6.06. The molecular weight excluding hydrogens is 303 g/mol. The molecule has 4 N–H and O–H groups in total. The fourth-order valence-electron chi connectivity index (χ4n) is 1.93. The Kier molecular flexibility index (Phi) is 2.88. The molecule has 0 saturated heterocycles. The number of halogens is 2. The first-order chi connectivity index (χ1) is 9.50. The number of anilines is 3. The Hall–Kier alpha value is -2.12. The third-order valence-electron chi connectivity index (χ3n) is 3.01. The minimum Gasteiger partial charge on any atom is -0.382 e. The fourth-order valence-corrected chi connectivity index (χ4v) is 2.22. The summed E-state index contributed by atoms with van der Waals surface area (Å²) in [6.07, 6.45) is 0. The van der Waals surface area contributed by atoms with E-state index >= 15 is 0 Å². The van der Waals surface area contributed by atoms with E-state index in [2.05, 4.69) is 10.3 Å². The van der Waals surface area contributed by atoms with E-state index in [-0.39, 0.29) is 0 Å². The largest absolute Gasteiger partial charge is 0.382 e. The zero-order valence-corrected chi connectivity index (χ0v) is 11.9. The van der Waals surface area contributed by atoms with Crippen LogP contribution in [0.4, 0.5) is 17.3 Å². The normalized spacial score (nSPS) is 14.8. The number of fused-ring (bicyclic) bond motifs is 1. The molecule has 0 spiro atoms. The first kappa shape index (κ1) is 12.9. The molecule has 0 saturated carbocycles. The second-order valence-corrected chi connectivity index (χ2v) is 4.99. The lowest BCUT2D eigenvalue weighted by Gasteiger charge is -2.32. The third kappa shape index (κ3) is 1.75. The predicted octanol–water partition coefficient (Wildman–Crippen LogP) is 2.01. The highest BCUT2D eigenvalue weighted by atomic mass is 35.5. The van der Waals surface area contributed by atoms with Crippen molar-refractivity contribution < 1.29 is 4.63 Å². The SMILES string of the molecule is CN1C(N)=C(N)N(c2ccc(Cl)c(Cl)c2)c2nonc21. The molecule has 2 heterocycles. The minimum absolute atomic E-state index is 0.300. The summed E-state index contributed by atoms with van der Waals surface area (Å²) in [6.45, 7) is 0. The van der Waals surface area contributed by atoms with Crippen molar-refractivity contribution in [2.45, 2.75) is 0 Å². The number of aromatic nitrogens is 2. The molecule has 1 aromatic heterocycles. The monoisotopic (exact) mass is 312 g/mol. The number of rotatable bonds is 1. The molecule has 2 aromatic rings. The van der Waals surface area contributed by atoms with Crippen LogP contribution in [0.3, 0.4) is 0 Å². The van der Waals surface area contributed by atoms with Crippen molar-refractivity contribution in [2.24, 2.45) is 11.5 Å². The number of nitrogens with two attached hydrogens (primary N) is 2. The second-order valence-electron chi connectivity index (χ2n) is 4.17. The zero-order chi connectivity index (χ0) is 14.4. The van der Waals surface area contributed by atoms with Crippen molar-refractivity contribution in [2.75, 3.05) is 16.8 Å². The molecule has 1 aliphatic rings. The van der Waals surface area contributed by atoms with Crippen molar-refractivity contribution in [3.63, 3.8) is 0 Å². The molecule has 0 unspecified atom stereocenters. The summed E-state index contributed by atoms with van der Waals surface area (Å²) in [7, 11) is 1.72. The van der Waals surface area contributed by atoms with E-state index in [0.29, 0.717) is 39.0 Å². The minimum atomic E-state index is 0.300. The van der Waals surface area contributed by atoms with Gasteiger partial charge in [0.05, 0.1) is 15.7 Å². The number of benzene rings is 1. The fraction of sp³-hybridized carbons (Fsp3) is 0.0909. The Morgan fingerprint density at radius 3 is 2.45 bits per heavy atom. The maximum absolute atomic E-state index is 6.06. The maximum Gasteiger partial charge on any atom is 0.228 e. The van der Waals surface area contributed by atoms with Gasteiger partial charge in [-0.2, -0.15) is 0 Å². The molecule has 0 bridgehead atoms. The van der Waals surface area contributed by atoms with Crippen molar-refractivity contribution in [1.29, 1.82) is 0 Å². The summed E-state index contributed by atoms with van der Waals surface area (Å²) in [5, 5.41) is 8.50. The molecule has 20 heavy (non-hydrogen) atoms. The van der Waals surface area contributed by atoms with Crippen LogP contribution in [0.5, 0.6) is 0 Å². The van der Waals surface area contributed by atoms with Crippen LogP contribution in [0.2, 0.25) is 10.0 Å². The Bertz CT molecular complexity index is 713. The lowest BCUT2D eigenvalue weighted by molar-refractivity contribution is 0.309. The first-order valence-corrected chi connectivity index (χ1v) is 6.33. The smallest absolute Gasteiger partial charge is 0.228 e. The van der Waals surface area contributed by atoms with Crippen LogP contribution < -0.4 is 21.3 Å². The Morgan fingerprint density at radius 1 is 1.05 bits per heavy atom. The van der Waals surface area contributed by atoms with Gasteiger partial charge in [0.15, 0.2) is 5.82 Å². The van der Waals surface area contributed by atoms with Crippen LogP contribution in [0, 0.1) is 0 Å². The van der Waals surface area contributed by atoms with Gasteiger partial charge in [0.25, 0.3) is 0 Å². The van der Waals surface area contributed by atoms with Crippen LogP contribution in [0.25, 0.3) is 0 Å². The second kappa shape index (κ2) is 4.46. The lowest BCUT2D eigenvalue weighted by Crippen LogP contribution is -2.39. The average molecular weight is 313 g/mol. The van der Waals surface area contributed by atoms with Gasteiger partial charge < -0.3 is 16.4 Å². The average Bonchev–Trinajstić information content (AvgIpc) is 2.89. The Morgan fingerprint density at radius 2 is 1.75 bits per heavy atom. The predicted molar refractivity (Wildman–Crippen MR) is 76.7 cm³/mol. The first-order valence-electron chi connectivity index (χ1n) is 5.57. The summed E-state index contributed by atoms with van der Waals surface area (Å²) < 4.78 is 4.76. The molecule has 1 aromatic carbocycles. The van der Waals surface area contributed by atoms with Gasteiger partial charge in [0.1, 0.15) is 5.82 Å². The van der Waals surface area contributed by atoms with E-state index in [1.807, 2.05) is 0 Å². The Labute approximate surface area is 124 Å². The molecule has 0 aliphatic carbocycles. The van der Waals surface area contributed by atoms with Crippen LogP contribution in [0.1, 0.15) is 0 Å². The van der Waals surface area contributed by atoms with Crippen molar-refractivity contribution in [1.82, 2.24) is 10.3 Å². The van der Waals surface area contributed by atoms with Crippen molar-refractivity contribution in [3.05, 3.63) is 39.9 Å². The van der Waals surface area contributed by atoms with Gasteiger partial charge >= 0.3 is 0 Å². The van der Waals surface area contributed by atoms with Crippen LogP contribution in [-0.4, -0.2) is 17.4 Å². The van der Waals surface area contributed by atoms with Gasteiger partial charge in [0.2, 0.25) is 11.6 Å². The summed E-state index contributed by atoms with van der Waals surface area (Å²) in [5.74, 6) is 1.52. The van der Waals surface area contributed by atoms with Gasteiger partial charge in [-0.3, -0.25) is 4.90 Å². The van der Waals surface area contributed by atoms with Gasteiger partial charge in [-0.25, -0.2) is 4.63 Å². The van der Waals surface area contributed by atoms with Gasteiger partial charge in [-0.05, 0) is 28.5 Å². The van der Waals surface area contributed by atoms with Crippen molar-refractivity contribution in [3.8, 4) is 0 Å². The van der Waals surface area contributed by atoms with E-state index in [1.54, 1.807) is 35.0 Å². The molecule has 3 rings (SSSR count). The highest BCUT2D eigenvalue weighted by molar-refractivity contribution is 6.42. The van der Waals surface area contributed by atoms with Gasteiger partial charge in [0, 0.05) is 7.05 Å². The Balaban J connectivity index is 2.19. The van der Waals surface area contributed by atoms with Crippen molar-refractivity contribution >= 4 is 40.5 Å². The summed E-state index contributed by atoms with van der Waals surface area (Å²) in [5.41, 5.74) is 12.7. The summed E-state index contributed by atoms with van der Waals surface area (Å²) in [6, 6.07) is 5.07. The quantitative estimate of drug-likeness (QED) is 0.831. The molecular formula is C11H10Cl2N6O. The van der Waals surface area contributed by atoms with E-state index in [4.69, 9.17) is 39.3 Å². The molecule has 7 nitrogen and oxygen atoms in total. The van der Waals surface area contributed by atoms with Gasteiger partial charge in [-0.1, -0.05) is 23.2 Å². The van der Waals surface area contributed by atoms with Gasteiger partial charge in [-0.15, -0.1) is 0 Å². The van der Waals surface area contributed by atoms with E-state index in [9.17, 15) is 0 Å². The molecule has 0 atom stereocenters. The number of hydrogen-bond donors (Lipinski definition) is 2. The van der Waals surface area contributed by atoms with E-state index in [1.165, 1.54) is 0 Å². The number of nitrogens with zero attached hydrogens (tertiary/aromatic N) is 4. The van der Waals surface area contributed by atoms with Crippen LogP contribution in [-0.2, 0) is 0 Å².